The quantitative estimate of drug-likeness (QED) is 0.705. The largest absolute Gasteiger partial charge is 0.389 e. The van der Waals surface area contributed by atoms with Crippen molar-refractivity contribution >= 4 is 49.0 Å². The maximum absolute atomic E-state index is 11.7. The molecule has 100 valence electrons. The molecule has 0 atom stereocenters. The predicted octanol–water partition coefficient (Wildman–Crippen LogP) is 1.74. The van der Waals surface area contributed by atoms with Crippen molar-refractivity contribution in [2.24, 2.45) is 5.73 Å². The summed E-state index contributed by atoms with van der Waals surface area (Å²) in [6.45, 7) is 3.48. The van der Waals surface area contributed by atoms with Gasteiger partial charge >= 0.3 is 0 Å². The van der Waals surface area contributed by atoms with Crippen molar-refractivity contribution in [1.29, 1.82) is 0 Å². The monoisotopic (exact) mass is 351 g/mol. The molecule has 0 aromatic heterocycles. The lowest BCUT2D eigenvalue weighted by Gasteiger charge is -2.13. The van der Waals surface area contributed by atoms with Gasteiger partial charge in [0.05, 0.1) is 5.69 Å². The molecule has 0 saturated heterocycles. The van der Waals surface area contributed by atoms with Crippen LogP contribution in [0.2, 0.25) is 0 Å². The van der Waals surface area contributed by atoms with E-state index in [2.05, 4.69) is 25.4 Å². The second-order valence-electron chi connectivity index (χ2n) is 3.94. The molecule has 4 N–H and O–H groups in total. The number of nitrogens with one attached hydrogen (secondary N) is 2. The van der Waals surface area contributed by atoms with Crippen LogP contribution >= 0.6 is 28.1 Å². The van der Waals surface area contributed by atoms with Crippen LogP contribution in [-0.4, -0.2) is 19.4 Å². The van der Waals surface area contributed by atoms with E-state index in [-0.39, 0.29) is 11.0 Å². The second kappa shape index (κ2) is 5.96. The summed E-state index contributed by atoms with van der Waals surface area (Å²) in [5.74, 6) is 0. The number of hydrogen-bond acceptors (Lipinski definition) is 3. The molecule has 0 saturated carbocycles. The van der Waals surface area contributed by atoms with Gasteiger partial charge in [-0.1, -0.05) is 12.2 Å². The fraction of sp³-hybridized carbons (Fsp3) is 0.300. The van der Waals surface area contributed by atoms with E-state index >= 15 is 0 Å². The highest BCUT2D eigenvalue weighted by Gasteiger charge is 2.13. The number of anilines is 1. The molecule has 1 aromatic carbocycles. The number of benzene rings is 1. The third-order valence-corrected chi connectivity index (χ3v) is 4.05. The van der Waals surface area contributed by atoms with E-state index in [1.807, 2.05) is 0 Å². The first-order valence-electron chi connectivity index (χ1n) is 5.10. The van der Waals surface area contributed by atoms with Gasteiger partial charge in [-0.3, -0.25) is 4.72 Å². The summed E-state index contributed by atoms with van der Waals surface area (Å²) < 4.78 is 28.8. The van der Waals surface area contributed by atoms with Crippen LogP contribution in [0.25, 0.3) is 0 Å². The molecule has 0 aliphatic heterocycles. The molecule has 0 bridgehead atoms. The summed E-state index contributed by atoms with van der Waals surface area (Å²) in [4.78, 5) is 0.255. The van der Waals surface area contributed by atoms with E-state index in [9.17, 15) is 8.42 Å². The van der Waals surface area contributed by atoms with Crippen molar-refractivity contribution in [1.82, 2.24) is 4.72 Å². The Morgan fingerprint density at radius 3 is 2.50 bits per heavy atom. The summed E-state index contributed by atoms with van der Waals surface area (Å²) in [6, 6.07) is 4.73. The second-order valence-corrected chi connectivity index (χ2v) is 6.68. The van der Waals surface area contributed by atoms with E-state index in [0.717, 1.165) is 0 Å². The summed E-state index contributed by atoms with van der Waals surface area (Å²) >= 11 is 8.10. The normalized spacial score (nSPS) is 11.6. The summed E-state index contributed by atoms with van der Waals surface area (Å²) in [5, 5.41) is 0. The lowest BCUT2D eigenvalue weighted by Crippen LogP contribution is -2.35. The van der Waals surface area contributed by atoms with Gasteiger partial charge in [0.1, 0.15) is 4.99 Å². The molecule has 1 rings (SSSR count). The zero-order valence-electron chi connectivity index (χ0n) is 9.90. The Balaban J connectivity index is 2.96. The minimum atomic E-state index is -3.58. The van der Waals surface area contributed by atoms with Crippen molar-refractivity contribution in [3.63, 3.8) is 0 Å². The van der Waals surface area contributed by atoms with E-state index in [1.54, 1.807) is 32.0 Å². The Bertz CT molecular complexity index is 558. The van der Waals surface area contributed by atoms with Crippen molar-refractivity contribution in [3.05, 3.63) is 28.2 Å². The minimum Gasteiger partial charge on any atom is -0.389 e. The molecule has 5 nitrogen and oxygen atoms in total. The van der Waals surface area contributed by atoms with Crippen LogP contribution < -0.4 is 15.2 Å². The first-order chi connectivity index (χ1) is 8.21. The zero-order valence-corrected chi connectivity index (χ0v) is 13.1. The number of nitrogens with two attached hydrogens (primary N) is 1. The van der Waals surface area contributed by atoms with Crippen LogP contribution in [0.15, 0.2) is 22.7 Å². The maximum atomic E-state index is 11.7. The first kappa shape index (κ1) is 15.4. The molecule has 18 heavy (non-hydrogen) atoms. The lowest BCUT2D eigenvalue weighted by molar-refractivity contribution is 0.575. The third-order valence-electron chi connectivity index (χ3n) is 1.89. The first-order valence-corrected chi connectivity index (χ1v) is 7.79. The Morgan fingerprint density at radius 2 is 2.06 bits per heavy atom. The highest BCUT2D eigenvalue weighted by molar-refractivity contribution is 9.10. The molecule has 0 unspecified atom stereocenters. The van der Waals surface area contributed by atoms with Gasteiger partial charge < -0.3 is 5.73 Å². The SMILES string of the molecule is CC(C)NS(=O)(=O)Nc1ccc(C(N)=S)cc1Br. The summed E-state index contributed by atoms with van der Waals surface area (Å²) in [5.41, 5.74) is 6.57. The van der Waals surface area contributed by atoms with E-state index in [4.69, 9.17) is 18.0 Å². The number of rotatable bonds is 5. The van der Waals surface area contributed by atoms with E-state index < -0.39 is 10.2 Å². The van der Waals surface area contributed by atoms with Crippen LogP contribution in [-0.2, 0) is 10.2 Å². The molecule has 8 heteroatoms. The van der Waals surface area contributed by atoms with Gasteiger partial charge in [-0.15, -0.1) is 0 Å². The molecule has 0 aliphatic rings. The standard InChI is InChI=1S/C10H14BrN3O2S2/c1-6(2)13-18(15,16)14-9-4-3-7(10(12)17)5-8(9)11/h3-6,13-14H,1-2H3,(H2,12,17). The van der Waals surface area contributed by atoms with Crippen molar-refractivity contribution < 1.29 is 8.42 Å². The highest BCUT2D eigenvalue weighted by Crippen LogP contribution is 2.24. The van der Waals surface area contributed by atoms with Gasteiger partial charge in [0.25, 0.3) is 10.2 Å². The summed E-state index contributed by atoms with van der Waals surface area (Å²) in [6.07, 6.45) is 0. The average molecular weight is 352 g/mol. The van der Waals surface area contributed by atoms with Crippen LogP contribution in [0.1, 0.15) is 19.4 Å². The smallest absolute Gasteiger partial charge is 0.299 e. The molecule has 0 heterocycles. The molecule has 0 radical (unpaired) electrons. The number of hydrogen-bond donors (Lipinski definition) is 3. The maximum Gasteiger partial charge on any atom is 0.299 e. The molecule has 0 fully saturated rings. The molecule has 0 spiro atoms. The molecular weight excluding hydrogens is 338 g/mol. The Hall–Kier alpha value is -0.700. The van der Waals surface area contributed by atoms with Gasteiger partial charge in [0, 0.05) is 16.1 Å². The van der Waals surface area contributed by atoms with Gasteiger partial charge in [-0.2, -0.15) is 13.1 Å². The van der Waals surface area contributed by atoms with Gasteiger partial charge in [-0.25, -0.2) is 0 Å². The minimum absolute atomic E-state index is 0.183. The fourth-order valence-electron chi connectivity index (χ4n) is 1.24. The number of thiocarbonyl (C=S) groups is 1. The molecule has 0 amide bonds. The molecule has 1 aromatic rings. The highest BCUT2D eigenvalue weighted by atomic mass is 79.9. The predicted molar refractivity (Wildman–Crippen MR) is 80.8 cm³/mol. The van der Waals surface area contributed by atoms with E-state index in [1.165, 1.54) is 0 Å². The van der Waals surface area contributed by atoms with E-state index in [0.29, 0.717) is 15.7 Å². The molecule has 0 aliphatic carbocycles. The Morgan fingerprint density at radius 1 is 1.44 bits per heavy atom. The average Bonchev–Trinajstić information content (AvgIpc) is 2.18. The van der Waals surface area contributed by atoms with Crippen molar-refractivity contribution in [2.45, 2.75) is 19.9 Å². The van der Waals surface area contributed by atoms with Crippen LogP contribution in [0.4, 0.5) is 5.69 Å². The van der Waals surface area contributed by atoms with Crippen LogP contribution in [0.3, 0.4) is 0 Å². The lowest BCUT2D eigenvalue weighted by atomic mass is 10.2. The van der Waals surface area contributed by atoms with Crippen LogP contribution in [0.5, 0.6) is 0 Å². The van der Waals surface area contributed by atoms with Crippen molar-refractivity contribution in [2.75, 3.05) is 4.72 Å². The van der Waals surface area contributed by atoms with Gasteiger partial charge in [0.2, 0.25) is 0 Å². The Kier molecular flexibility index (Phi) is 5.09. The zero-order chi connectivity index (χ0) is 13.9. The molecular formula is C10H14BrN3O2S2. The topological polar surface area (TPSA) is 84.2 Å². The third kappa shape index (κ3) is 4.52. The summed E-state index contributed by atoms with van der Waals surface area (Å²) in [7, 11) is -3.58. The number of halogens is 1. The van der Waals surface area contributed by atoms with Gasteiger partial charge in [0.15, 0.2) is 0 Å². The van der Waals surface area contributed by atoms with Crippen molar-refractivity contribution in [3.8, 4) is 0 Å². The van der Waals surface area contributed by atoms with Gasteiger partial charge in [-0.05, 0) is 48.0 Å². The fourth-order valence-corrected chi connectivity index (χ4v) is 3.12. The van der Waals surface area contributed by atoms with Crippen LogP contribution in [0, 0.1) is 0 Å². The Labute approximate surface area is 120 Å².